The number of nitrogens with two attached hydrogens (primary N) is 1. The van der Waals surface area contributed by atoms with Gasteiger partial charge in [0.2, 0.25) is 0 Å². The molecule has 0 bridgehead atoms. The maximum absolute atomic E-state index is 5.86. The minimum Gasteiger partial charge on any atom is -0.381 e. The maximum atomic E-state index is 5.86. The predicted octanol–water partition coefficient (Wildman–Crippen LogP) is 0.432. The normalized spacial score (nSPS) is 32.4. The van der Waals surface area contributed by atoms with Crippen LogP contribution in [0.15, 0.2) is 4.99 Å². The third-order valence-corrected chi connectivity index (χ3v) is 3.11. The van der Waals surface area contributed by atoms with Crippen LogP contribution in [0.2, 0.25) is 0 Å². The summed E-state index contributed by atoms with van der Waals surface area (Å²) in [6, 6.07) is 0.498. The topological polar surface area (TPSA) is 50.8 Å². The highest BCUT2D eigenvalue weighted by Gasteiger charge is 2.34. The van der Waals surface area contributed by atoms with Crippen LogP contribution in [0.4, 0.5) is 0 Å². The molecule has 14 heavy (non-hydrogen) atoms. The number of guanidine groups is 1. The lowest BCUT2D eigenvalue weighted by Gasteiger charge is -2.29. The summed E-state index contributed by atoms with van der Waals surface area (Å²) >= 11 is 0. The highest BCUT2D eigenvalue weighted by molar-refractivity contribution is 5.80. The molecule has 1 fully saturated rings. The fraction of sp³-hybridized carbons (Fsp3) is 0.900. The molecule has 0 radical (unpaired) electrons. The SMILES string of the molecule is CCCN1C(N)=NCC1C1CCOC1. The van der Waals surface area contributed by atoms with Crippen LogP contribution >= 0.6 is 0 Å². The van der Waals surface area contributed by atoms with Gasteiger partial charge in [-0.25, -0.2) is 0 Å². The van der Waals surface area contributed by atoms with Gasteiger partial charge < -0.3 is 15.4 Å². The van der Waals surface area contributed by atoms with Crippen molar-refractivity contribution in [3.05, 3.63) is 0 Å². The zero-order chi connectivity index (χ0) is 9.97. The predicted molar refractivity (Wildman–Crippen MR) is 56.2 cm³/mol. The molecule has 0 amide bonds. The van der Waals surface area contributed by atoms with E-state index in [-0.39, 0.29) is 0 Å². The molecule has 2 aliphatic heterocycles. The van der Waals surface area contributed by atoms with E-state index in [1.54, 1.807) is 0 Å². The average molecular weight is 197 g/mol. The van der Waals surface area contributed by atoms with Crippen LogP contribution in [0.3, 0.4) is 0 Å². The van der Waals surface area contributed by atoms with Gasteiger partial charge in [-0.2, -0.15) is 0 Å². The molecule has 0 aromatic heterocycles. The molecule has 0 aromatic rings. The number of hydrogen-bond acceptors (Lipinski definition) is 4. The van der Waals surface area contributed by atoms with Gasteiger partial charge in [-0.15, -0.1) is 0 Å². The van der Waals surface area contributed by atoms with E-state index < -0.39 is 0 Å². The number of aliphatic imine (C=N–C) groups is 1. The molecule has 2 heterocycles. The van der Waals surface area contributed by atoms with Crippen LogP contribution in [0.1, 0.15) is 19.8 Å². The van der Waals surface area contributed by atoms with E-state index in [1.165, 1.54) is 0 Å². The van der Waals surface area contributed by atoms with Gasteiger partial charge in [0, 0.05) is 19.1 Å². The van der Waals surface area contributed by atoms with E-state index in [4.69, 9.17) is 10.5 Å². The average Bonchev–Trinajstić information content (AvgIpc) is 2.77. The van der Waals surface area contributed by atoms with Crippen molar-refractivity contribution in [3.8, 4) is 0 Å². The molecule has 4 nitrogen and oxygen atoms in total. The van der Waals surface area contributed by atoms with Crippen molar-refractivity contribution in [2.45, 2.75) is 25.8 Å². The van der Waals surface area contributed by atoms with Crippen molar-refractivity contribution < 1.29 is 4.74 Å². The van der Waals surface area contributed by atoms with E-state index in [9.17, 15) is 0 Å². The Morgan fingerprint density at radius 2 is 2.50 bits per heavy atom. The Morgan fingerprint density at radius 3 is 3.14 bits per heavy atom. The first-order valence-corrected chi connectivity index (χ1v) is 5.47. The van der Waals surface area contributed by atoms with E-state index >= 15 is 0 Å². The van der Waals surface area contributed by atoms with E-state index in [0.29, 0.717) is 12.0 Å². The lowest BCUT2D eigenvalue weighted by molar-refractivity contribution is 0.163. The molecule has 2 rings (SSSR count). The first-order chi connectivity index (χ1) is 6.83. The van der Waals surface area contributed by atoms with E-state index in [0.717, 1.165) is 45.1 Å². The van der Waals surface area contributed by atoms with Gasteiger partial charge in [-0.05, 0) is 12.8 Å². The van der Waals surface area contributed by atoms with Crippen molar-refractivity contribution in [2.24, 2.45) is 16.6 Å². The van der Waals surface area contributed by atoms with Crippen molar-refractivity contribution in [1.82, 2.24) is 4.90 Å². The lowest BCUT2D eigenvalue weighted by atomic mass is 9.98. The van der Waals surface area contributed by atoms with Gasteiger partial charge in [-0.3, -0.25) is 4.99 Å². The maximum Gasteiger partial charge on any atom is 0.191 e. The van der Waals surface area contributed by atoms with Crippen LogP contribution < -0.4 is 5.73 Å². The smallest absolute Gasteiger partial charge is 0.191 e. The molecule has 1 saturated heterocycles. The molecule has 0 saturated carbocycles. The van der Waals surface area contributed by atoms with Gasteiger partial charge in [0.25, 0.3) is 0 Å². The zero-order valence-electron chi connectivity index (χ0n) is 8.78. The third kappa shape index (κ3) is 1.71. The molecule has 2 N–H and O–H groups in total. The Labute approximate surface area is 85.1 Å². The van der Waals surface area contributed by atoms with Crippen LogP contribution in [0.5, 0.6) is 0 Å². The molecule has 2 unspecified atom stereocenters. The first kappa shape index (κ1) is 9.77. The summed E-state index contributed by atoms with van der Waals surface area (Å²) in [6.45, 7) is 5.85. The van der Waals surface area contributed by atoms with Crippen molar-refractivity contribution in [1.29, 1.82) is 0 Å². The number of nitrogens with zero attached hydrogens (tertiary/aromatic N) is 2. The zero-order valence-corrected chi connectivity index (χ0v) is 8.78. The van der Waals surface area contributed by atoms with Crippen LogP contribution in [-0.2, 0) is 4.74 Å². The first-order valence-electron chi connectivity index (χ1n) is 5.47. The highest BCUT2D eigenvalue weighted by atomic mass is 16.5. The Balaban J connectivity index is 1.98. The van der Waals surface area contributed by atoms with Crippen LogP contribution in [0, 0.1) is 5.92 Å². The summed E-state index contributed by atoms with van der Waals surface area (Å²) in [4.78, 5) is 6.58. The van der Waals surface area contributed by atoms with Gasteiger partial charge >= 0.3 is 0 Å². The second-order valence-electron chi connectivity index (χ2n) is 4.08. The molecule has 4 heteroatoms. The molecule has 0 spiro atoms. The third-order valence-electron chi connectivity index (χ3n) is 3.11. The quantitative estimate of drug-likeness (QED) is 0.714. The molecule has 0 aromatic carbocycles. The summed E-state index contributed by atoms with van der Waals surface area (Å²) < 4.78 is 5.41. The number of hydrogen-bond donors (Lipinski definition) is 1. The second kappa shape index (κ2) is 4.17. The van der Waals surface area contributed by atoms with Crippen molar-refractivity contribution in [3.63, 3.8) is 0 Å². The second-order valence-corrected chi connectivity index (χ2v) is 4.08. The molecular weight excluding hydrogens is 178 g/mol. The van der Waals surface area contributed by atoms with Crippen molar-refractivity contribution >= 4 is 5.96 Å². The van der Waals surface area contributed by atoms with Crippen LogP contribution in [-0.4, -0.2) is 43.2 Å². The Hall–Kier alpha value is -0.770. The molecule has 0 aliphatic carbocycles. The van der Waals surface area contributed by atoms with Crippen LogP contribution in [0.25, 0.3) is 0 Å². The summed E-state index contributed by atoms with van der Waals surface area (Å²) in [5.74, 6) is 1.36. The molecule has 2 atom stereocenters. The summed E-state index contributed by atoms with van der Waals surface area (Å²) in [5.41, 5.74) is 5.86. The summed E-state index contributed by atoms with van der Waals surface area (Å²) in [7, 11) is 0. The number of rotatable bonds is 3. The fourth-order valence-corrected chi connectivity index (χ4v) is 2.33. The molecule has 80 valence electrons. The Morgan fingerprint density at radius 1 is 1.64 bits per heavy atom. The Bertz CT molecular complexity index is 223. The summed E-state index contributed by atoms with van der Waals surface area (Å²) in [6.07, 6.45) is 2.29. The minimum absolute atomic E-state index is 0.498. The number of ether oxygens (including phenoxy) is 1. The molecule has 2 aliphatic rings. The molecular formula is C10H19N3O. The largest absolute Gasteiger partial charge is 0.381 e. The summed E-state index contributed by atoms with van der Waals surface area (Å²) in [5, 5.41) is 0. The fourth-order valence-electron chi connectivity index (χ4n) is 2.33. The van der Waals surface area contributed by atoms with Gasteiger partial charge in [0.1, 0.15) is 0 Å². The van der Waals surface area contributed by atoms with E-state index in [2.05, 4.69) is 16.8 Å². The highest BCUT2D eigenvalue weighted by Crippen LogP contribution is 2.24. The van der Waals surface area contributed by atoms with Crippen molar-refractivity contribution in [2.75, 3.05) is 26.3 Å². The van der Waals surface area contributed by atoms with Gasteiger partial charge in [0.05, 0.1) is 19.2 Å². The monoisotopic (exact) mass is 197 g/mol. The van der Waals surface area contributed by atoms with Gasteiger partial charge in [0.15, 0.2) is 5.96 Å². The van der Waals surface area contributed by atoms with E-state index in [1.807, 2.05) is 0 Å². The lowest BCUT2D eigenvalue weighted by Crippen LogP contribution is -2.45. The minimum atomic E-state index is 0.498. The van der Waals surface area contributed by atoms with Gasteiger partial charge in [-0.1, -0.05) is 6.92 Å². The Kier molecular flexibility index (Phi) is 2.91. The standard InChI is InChI=1S/C10H19N3O/c1-2-4-13-9(6-12-10(13)11)8-3-5-14-7-8/h8-9H,2-7H2,1H3,(H2,11,12).